The molecule has 2 fully saturated rings. The Labute approximate surface area is 194 Å². The Morgan fingerprint density at radius 1 is 1.12 bits per heavy atom. The Bertz CT molecular complexity index is 1200. The third kappa shape index (κ3) is 4.76. The summed E-state index contributed by atoms with van der Waals surface area (Å²) in [6.45, 7) is 3.34. The van der Waals surface area contributed by atoms with Gasteiger partial charge in [0, 0.05) is 61.1 Å². The maximum absolute atomic E-state index is 12.7. The number of benzene rings is 1. The van der Waals surface area contributed by atoms with Crippen molar-refractivity contribution in [3.8, 4) is 11.1 Å². The molecule has 6 nitrogen and oxygen atoms in total. The van der Waals surface area contributed by atoms with Crippen LogP contribution in [0.1, 0.15) is 48.4 Å². The van der Waals surface area contributed by atoms with Crippen LogP contribution in [-0.2, 0) is 17.8 Å². The molecule has 0 radical (unpaired) electrons. The maximum Gasteiger partial charge on any atom is 0.248 e. The summed E-state index contributed by atoms with van der Waals surface area (Å²) >= 11 is 0. The largest absolute Gasteiger partial charge is 0.323 e. The maximum atomic E-state index is 12.7. The summed E-state index contributed by atoms with van der Waals surface area (Å²) in [6, 6.07) is 8.84. The molecule has 1 aliphatic heterocycles. The van der Waals surface area contributed by atoms with Gasteiger partial charge in [0.2, 0.25) is 5.91 Å². The third-order valence-electron chi connectivity index (χ3n) is 6.88. The van der Waals surface area contributed by atoms with E-state index in [1.165, 1.54) is 43.4 Å². The number of fused-ring (bicyclic) bond motifs is 1. The van der Waals surface area contributed by atoms with Crippen molar-refractivity contribution in [2.75, 3.05) is 18.4 Å². The first-order chi connectivity index (χ1) is 16.2. The second-order valence-corrected chi connectivity index (χ2v) is 9.64. The monoisotopic (exact) mass is 439 g/mol. The molecule has 1 aromatic carbocycles. The fourth-order valence-corrected chi connectivity index (χ4v) is 4.68. The van der Waals surface area contributed by atoms with Crippen LogP contribution in [0.4, 0.5) is 5.69 Å². The van der Waals surface area contributed by atoms with Crippen LogP contribution in [0.2, 0.25) is 0 Å². The van der Waals surface area contributed by atoms with Gasteiger partial charge in [-0.2, -0.15) is 5.10 Å². The second-order valence-electron chi connectivity index (χ2n) is 9.64. The lowest BCUT2D eigenvalue weighted by Gasteiger charge is -2.29. The van der Waals surface area contributed by atoms with Crippen molar-refractivity contribution < 1.29 is 4.79 Å². The number of carbonyl (C=O) groups is 1. The van der Waals surface area contributed by atoms with Crippen LogP contribution in [-0.4, -0.2) is 38.7 Å². The molecule has 168 valence electrons. The summed E-state index contributed by atoms with van der Waals surface area (Å²) < 4.78 is 2.04. The fraction of sp³-hybridized carbons (Fsp3) is 0.370. The predicted molar refractivity (Wildman–Crippen MR) is 130 cm³/mol. The average molecular weight is 440 g/mol. The molecular formula is C27H29N5O. The number of amides is 1. The lowest BCUT2D eigenvalue weighted by molar-refractivity contribution is -0.111. The molecule has 0 unspecified atom stereocenters. The highest BCUT2D eigenvalue weighted by atomic mass is 16.1. The molecule has 2 aromatic heterocycles. The highest BCUT2D eigenvalue weighted by Crippen LogP contribution is 2.35. The molecule has 0 atom stereocenters. The van der Waals surface area contributed by atoms with Gasteiger partial charge in [-0.25, -0.2) is 0 Å². The molecular weight excluding hydrogens is 410 g/mol. The van der Waals surface area contributed by atoms with E-state index in [9.17, 15) is 4.79 Å². The van der Waals surface area contributed by atoms with Crippen LogP contribution >= 0.6 is 0 Å². The zero-order chi connectivity index (χ0) is 22.2. The Morgan fingerprint density at radius 3 is 2.88 bits per heavy atom. The quantitative estimate of drug-likeness (QED) is 0.542. The van der Waals surface area contributed by atoms with E-state index in [0.29, 0.717) is 6.04 Å². The third-order valence-corrected chi connectivity index (χ3v) is 6.88. The van der Waals surface area contributed by atoms with E-state index in [-0.39, 0.29) is 5.91 Å². The number of rotatable bonds is 7. The Kier molecular flexibility index (Phi) is 5.30. The van der Waals surface area contributed by atoms with Crippen molar-refractivity contribution in [3.63, 3.8) is 0 Å². The number of nitrogens with zero attached hydrogens (tertiary/aromatic N) is 4. The first kappa shape index (κ1) is 20.4. The van der Waals surface area contributed by atoms with Crippen LogP contribution in [0.15, 0.2) is 55.1 Å². The van der Waals surface area contributed by atoms with Crippen molar-refractivity contribution in [3.05, 3.63) is 71.8 Å². The minimum atomic E-state index is -0.135. The van der Waals surface area contributed by atoms with Crippen molar-refractivity contribution in [2.24, 2.45) is 5.92 Å². The number of carbonyl (C=O) groups excluding carboxylic acids is 1. The van der Waals surface area contributed by atoms with Gasteiger partial charge in [-0.05, 0) is 79.0 Å². The van der Waals surface area contributed by atoms with E-state index in [0.717, 1.165) is 47.8 Å². The lowest BCUT2D eigenvalue weighted by Crippen LogP contribution is -2.32. The Balaban J connectivity index is 1.14. The zero-order valence-corrected chi connectivity index (χ0v) is 18.8. The molecule has 0 saturated heterocycles. The SMILES string of the molecule is O=C(C=Cc1cnccc1-c1cnn(C2CC2)c1)Nc1ccc2c(c1)CN(CC1CC1)CC2. The van der Waals surface area contributed by atoms with Gasteiger partial charge in [-0.1, -0.05) is 6.07 Å². The minimum absolute atomic E-state index is 0.135. The van der Waals surface area contributed by atoms with Crippen molar-refractivity contribution in [1.82, 2.24) is 19.7 Å². The predicted octanol–water partition coefficient (Wildman–Crippen LogP) is 4.70. The molecule has 2 saturated carbocycles. The summed E-state index contributed by atoms with van der Waals surface area (Å²) in [5.41, 5.74) is 6.59. The summed E-state index contributed by atoms with van der Waals surface area (Å²) in [4.78, 5) is 19.5. The van der Waals surface area contributed by atoms with Gasteiger partial charge >= 0.3 is 0 Å². The van der Waals surface area contributed by atoms with E-state index in [4.69, 9.17) is 0 Å². The van der Waals surface area contributed by atoms with Crippen LogP contribution in [0.3, 0.4) is 0 Å². The zero-order valence-electron chi connectivity index (χ0n) is 18.8. The smallest absolute Gasteiger partial charge is 0.248 e. The van der Waals surface area contributed by atoms with E-state index in [1.54, 1.807) is 18.5 Å². The Morgan fingerprint density at radius 2 is 2.03 bits per heavy atom. The molecule has 6 rings (SSSR count). The lowest BCUT2D eigenvalue weighted by atomic mass is 9.99. The van der Waals surface area contributed by atoms with Gasteiger partial charge in [-0.15, -0.1) is 0 Å². The highest BCUT2D eigenvalue weighted by molar-refractivity contribution is 6.02. The van der Waals surface area contributed by atoms with E-state index >= 15 is 0 Å². The van der Waals surface area contributed by atoms with Gasteiger partial charge < -0.3 is 5.32 Å². The first-order valence-electron chi connectivity index (χ1n) is 12.0. The second kappa shape index (κ2) is 8.60. The molecule has 3 aliphatic rings. The van der Waals surface area contributed by atoms with Crippen LogP contribution < -0.4 is 5.32 Å². The van der Waals surface area contributed by atoms with Gasteiger partial charge in [0.25, 0.3) is 0 Å². The molecule has 3 heterocycles. The number of hydrogen-bond acceptors (Lipinski definition) is 4. The number of hydrogen-bond donors (Lipinski definition) is 1. The molecule has 2 aliphatic carbocycles. The molecule has 6 heteroatoms. The van der Waals surface area contributed by atoms with Crippen LogP contribution in [0.25, 0.3) is 17.2 Å². The van der Waals surface area contributed by atoms with E-state index < -0.39 is 0 Å². The number of aromatic nitrogens is 3. The van der Waals surface area contributed by atoms with Gasteiger partial charge in [-0.3, -0.25) is 19.4 Å². The molecule has 33 heavy (non-hydrogen) atoms. The number of pyridine rings is 1. The molecule has 0 spiro atoms. The number of anilines is 1. The summed E-state index contributed by atoms with van der Waals surface area (Å²) in [5, 5.41) is 7.53. The van der Waals surface area contributed by atoms with Gasteiger partial charge in [0.15, 0.2) is 0 Å². The van der Waals surface area contributed by atoms with Crippen LogP contribution in [0, 0.1) is 5.92 Å². The van der Waals surface area contributed by atoms with E-state index in [2.05, 4.69) is 38.6 Å². The van der Waals surface area contributed by atoms with Gasteiger partial charge in [0.1, 0.15) is 0 Å². The average Bonchev–Trinajstić information content (AvgIpc) is 3.78. The van der Waals surface area contributed by atoms with Crippen molar-refractivity contribution >= 4 is 17.7 Å². The normalized spacial score (nSPS) is 18.4. The first-order valence-corrected chi connectivity index (χ1v) is 12.0. The fourth-order valence-electron chi connectivity index (χ4n) is 4.68. The molecule has 1 amide bonds. The van der Waals surface area contributed by atoms with Gasteiger partial charge in [0.05, 0.1) is 12.2 Å². The summed E-state index contributed by atoms with van der Waals surface area (Å²) in [6.07, 6.45) is 17.2. The summed E-state index contributed by atoms with van der Waals surface area (Å²) in [7, 11) is 0. The minimum Gasteiger partial charge on any atom is -0.323 e. The van der Waals surface area contributed by atoms with Crippen molar-refractivity contribution in [2.45, 2.75) is 44.7 Å². The molecule has 3 aromatic rings. The summed E-state index contributed by atoms with van der Waals surface area (Å²) in [5.74, 6) is 0.768. The Hall–Kier alpha value is -3.25. The van der Waals surface area contributed by atoms with E-state index in [1.807, 2.05) is 29.1 Å². The highest BCUT2D eigenvalue weighted by Gasteiger charge is 2.26. The topological polar surface area (TPSA) is 63.1 Å². The van der Waals surface area contributed by atoms with Crippen LogP contribution in [0.5, 0.6) is 0 Å². The van der Waals surface area contributed by atoms with Crippen molar-refractivity contribution in [1.29, 1.82) is 0 Å². The standard InChI is InChI=1S/C27H29N5O/c33-27(30-24-5-3-20-10-12-31(16-19-1-2-19)17-22(20)13-24)8-4-21-14-28-11-9-26(21)23-15-29-32(18-23)25-6-7-25/h3-5,8-9,11,13-15,18-19,25H,1-2,6-7,10,12,16-17H2,(H,30,33). The number of nitrogens with one attached hydrogen (secondary N) is 1. The molecule has 1 N–H and O–H groups in total. The molecule has 0 bridgehead atoms.